The summed E-state index contributed by atoms with van der Waals surface area (Å²) in [6.45, 7) is 0. The Hall–Kier alpha value is -0.310. The number of alkyl halides is 2. The van der Waals surface area contributed by atoms with E-state index < -0.39 is 11.6 Å². The molecule has 2 nitrogen and oxygen atoms in total. The summed E-state index contributed by atoms with van der Waals surface area (Å²) < 4.78 is 11.7. The van der Waals surface area contributed by atoms with Gasteiger partial charge in [-0.25, -0.2) is 4.39 Å². The van der Waals surface area contributed by atoms with Crippen LogP contribution in [0.25, 0.3) is 0 Å². The fourth-order valence-corrected chi connectivity index (χ4v) is 0.562. The largest absolute Gasteiger partial charge is 0.481 e. The van der Waals surface area contributed by atoms with Crippen molar-refractivity contribution in [1.82, 2.24) is 0 Å². The first-order valence-electron chi connectivity index (χ1n) is 2.63. The predicted octanol–water partition coefficient (Wildman–Crippen LogP) is 1.78. The minimum Gasteiger partial charge on any atom is -0.481 e. The number of hydrogen-bond donors (Lipinski definition) is 1. The first-order chi connectivity index (χ1) is 4.13. The topological polar surface area (TPSA) is 37.3 Å². The summed E-state index contributed by atoms with van der Waals surface area (Å²) in [7, 11) is 0. The highest BCUT2D eigenvalue weighted by atomic mass is 35.5. The molecule has 9 heavy (non-hydrogen) atoms. The lowest BCUT2D eigenvalue weighted by atomic mass is 10.2. The van der Waals surface area contributed by atoms with Crippen molar-refractivity contribution in [2.75, 3.05) is 0 Å². The molecular formula is C5H8ClFO2. The number of carboxylic acids is 1. The Bertz CT molecular complexity index is 95.0. The van der Waals surface area contributed by atoms with Crippen molar-refractivity contribution in [2.45, 2.75) is 24.9 Å². The Morgan fingerprint density at radius 2 is 2.33 bits per heavy atom. The third-order valence-corrected chi connectivity index (χ3v) is 1.03. The minimum atomic E-state index is -1.40. The number of aliphatic carboxylic acids is 1. The molecule has 4 heteroatoms. The number of rotatable bonds is 4. The minimum absolute atomic E-state index is 0.00681. The molecule has 0 aromatic rings. The third kappa shape index (κ3) is 7.69. The van der Waals surface area contributed by atoms with E-state index in [2.05, 4.69) is 0 Å². The lowest BCUT2D eigenvalue weighted by Gasteiger charge is -1.94. The fraction of sp³-hybridized carbons (Fsp3) is 0.800. The zero-order valence-electron chi connectivity index (χ0n) is 4.81. The van der Waals surface area contributed by atoms with Gasteiger partial charge in [0.1, 0.15) is 0 Å². The van der Waals surface area contributed by atoms with Gasteiger partial charge in [0.05, 0.1) is 0 Å². The number of carbonyl (C=O) groups is 1. The molecule has 0 aromatic heterocycles. The highest BCUT2D eigenvalue weighted by molar-refractivity contribution is 6.19. The van der Waals surface area contributed by atoms with E-state index in [4.69, 9.17) is 16.7 Å². The molecule has 1 unspecified atom stereocenters. The summed E-state index contributed by atoms with van der Waals surface area (Å²) in [5.74, 6) is -0.910. The van der Waals surface area contributed by atoms with Gasteiger partial charge in [-0.2, -0.15) is 0 Å². The molecule has 0 fully saturated rings. The third-order valence-electron chi connectivity index (χ3n) is 0.813. The van der Waals surface area contributed by atoms with E-state index in [9.17, 15) is 9.18 Å². The van der Waals surface area contributed by atoms with Crippen LogP contribution >= 0.6 is 11.6 Å². The molecule has 1 atom stereocenters. The monoisotopic (exact) mass is 154 g/mol. The molecule has 0 rings (SSSR count). The molecule has 0 aliphatic heterocycles. The number of carboxylic acid groups (broad SMARTS) is 1. The van der Waals surface area contributed by atoms with Gasteiger partial charge in [0.15, 0.2) is 5.63 Å². The molecule has 0 amide bonds. The van der Waals surface area contributed by atoms with Crippen LogP contribution in [0.3, 0.4) is 0 Å². The van der Waals surface area contributed by atoms with Crippen molar-refractivity contribution >= 4 is 17.6 Å². The van der Waals surface area contributed by atoms with Crippen molar-refractivity contribution < 1.29 is 14.3 Å². The molecule has 0 heterocycles. The van der Waals surface area contributed by atoms with Crippen LogP contribution in [0.1, 0.15) is 19.3 Å². The Labute approximate surface area is 57.6 Å². The van der Waals surface area contributed by atoms with Crippen molar-refractivity contribution in [3.05, 3.63) is 0 Å². The van der Waals surface area contributed by atoms with Crippen molar-refractivity contribution in [3.63, 3.8) is 0 Å². The standard InChI is InChI=1S/C5H8ClFO2/c6-4(7)2-1-3-5(8)9/h4H,1-3H2,(H,8,9). The highest BCUT2D eigenvalue weighted by Crippen LogP contribution is 2.07. The van der Waals surface area contributed by atoms with E-state index in [-0.39, 0.29) is 12.8 Å². The van der Waals surface area contributed by atoms with Crippen LogP contribution in [0.5, 0.6) is 0 Å². The van der Waals surface area contributed by atoms with E-state index in [1.165, 1.54) is 0 Å². The van der Waals surface area contributed by atoms with E-state index >= 15 is 0 Å². The van der Waals surface area contributed by atoms with Gasteiger partial charge in [-0.05, 0) is 12.8 Å². The Balaban J connectivity index is 3.01. The lowest BCUT2D eigenvalue weighted by Crippen LogP contribution is -1.96. The molecule has 0 spiro atoms. The molecule has 0 radical (unpaired) electrons. The van der Waals surface area contributed by atoms with Gasteiger partial charge in [-0.15, -0.1) is 0 Å². The first kappa shape index (κ1) is 8.69. The molecule has 0 aromatic carbocycles. The quantitative estimate of drug-likeness (QED) is 0.627. The van der Waals surface area contributed by atoms with Gasteiger partial charge in [0.2, 0.25) is 0 Å². The molecule has 1 N–H and O–H groups in total. The molecule has 0 aliphatic carbocycles. The van der Waals surface area contributed by atoms with Crippen LogP contribution < -0.4 is 0 Å². The highest BCUT2D eigenvalue weighted by Gasteiger charge is 2.01. The van der Waals surface area contributed by atoms with Gasteiger partial charge < -0.3 is 5.11 Å². The number of hydrogen-bond acceptors (Lipinski definition) is 1. The van der Waals surface area contributed by atoms with Gasteiger partial charge in [0, 0.05) is 6.42 Å². The second-order valence-corrected chi connectivity index (χ2v) is 2.15. The van der Waals surface area contributed by atoms with E-state index in [0.29, 0.717) is 6.42 Å². The summed E-state index contributed by atoms with van der Waals surface area (Å²) in [5.41, 5.74) is -1.40. The first-order valence-corrected chi connectivity index (χ1v) is 3.06. The zero-order valence-corrected chi connectivity index (χ0v) is 5.57. The maximum Gasteiger partial charge on any atom is 0.303 e. The van der Waals surface area contributed by atoms with Crippen LogP contribution in [-0.2, 0) is 4.79 Å². The van der Waals surface area contributed by atoms with Gasteiger partial charge in [-0.1, -0.05) is 11.6 Å². The van der Waals surface area contributed by atoms with Crippen LogP contribution in [0.2, 0.25) is 0 Å². The Morgan fingerprint density at radius 3 is 2.67 bits per heavy atom. The number of halogens is 2. The zero-order chi connectivity index (χ0) is 7.28. The summed E-state index contributed by atoms with van der Waals surface area (Å²) in [4.78, 5) is 9.82. The molecule has 0 saturated carbocycles. The van der Waals surface area contributed by atoms with Crippen molar-refractivity contribution in [2.24, 2.45) is 0 Å². The Morgan fingerprint density at radius 1 is 1.78 bits per heavy atom. The van der Waals surface area contributed by atoms with Gasteiger partial charge >= 0.3 is 5.97 Å². The van der Waals surface area contributed by atoms with Crippen LogP contribution in [0.15, 0.2) is 0 Å². The second-order valence-electron chi connectivity index (χ2n) is 1.68. The van der Waals surface area contributed by atoms with Gasteiger partial charge in [0.25, 0.3) is 0 Å². The molecule has 54 valence electrons. The molecule has 0 bridgehead atoms. The maximum absolute atomic E-state index is 11.7. The van der Waals surface area contributed by atoms with Crippen LogP contribution in [0.4, 0.5) is 4.39 Å². The molecular weight excluding hydrogens is 147 g/mol. The van der Waals surface area contributed by atoms with Gasteiger partial charge in [-0.3, -0.25) is 4.79 Å². The van der Waals surface area contributed by atoms with Crippen molar-refractivity contribution in [3.8, 4) is 0 Å². The fourth-order valence-electron chi connectivity index (χ4n) is 0.408. The maximum atomic E-state index is 11.7. The van der Waals surface area contributed by atoms with E-state index in [0.717, 1.165) is 0 Å². The average molecular weight is 155 g/mol. The smallest absolute Gasteiger partial charge is 0.303 e. The SMILES string of the molecule is O=C(O)CCCC(F)Cl. The average Bonchev–Trinajstić information content (AvgIpc) is 1.63. The normalized spacial score (nSPS) is 13.1. The Kier molecular flexibility index (Phi) is 4.40. The summed E-state index contributed by atoms with van der Waals surface area (Å²) in [5, 5.41) is 8.06. The van der Waals surface area contributed by atoms with Crippen molar-refractivity contribution in [1.29, 1.82) is 0 Å². The molecule has 0 saturated heterocycles. The van der Waals surface area contributed by atoms with Crippen LogP contribution in [0, 0.1) is 0 Å². The van der Waals surface area contributed by atoms with Crippen LogP contribution in [-0.4, -0.2) is 16.7 Å². The second kappa shape index (κ2) is 4.56. The summed E-state index contributed by atoms with van der Waals surface area (Å²) >= 11 is 4.90. The summed E-state index contributed by atoms with van der Waals surface area (Å²) in [6.07, 6.45) is 0.418. The van der Waals surface area contributed by atoms with E-state index in [1.807, 2.05) is 0 Å². The van der Waals surface area contributed by atoms with E-state index in [1.54, 1.807) is 0 Å². The lowest BCUT2D eigenvalue weighted by molar-refractivity contribution is -0.137. The molecule has 0 aliphatic rings. The predicted molar refractivity (Wildman–Crippen MR) is 32.2 cm³/mol. The summed E-state index contributed by atoms with van der Waals surface area (Å²) in [6, 6.07) is 0.